The first-order valence-electron chi connectivity index (χ1n) is 17.1. The number of ether oxygens (including phenoxy) is 4. The number of aliphatic hydroxyl groups excluding tert-OH is 2. The number of hydrogen-bond donors (Lipinski definition) is 7. The molecule has 1 amide bonds. The number of nitrogens with two attached hydrogens (primary N) is 1. The minimum atomic E-state index is -2.02. The Morgan fingerprint density at radius 1 is 0.962 bits per heavy atom. The summed E-state index contributed by atoms with van der Waals surface area (Å²) >= 11 is 0. The lowest BCUT2D eigenvalue weighted by atomic mass is 9.78. The van der Waals surface area contributed by atoms with Crippen molar-refractivity contribution >= 4 is 34.1 Å². The molecule has 0 fully saturated rings. The number of benzene rings is 2. The van der Waals surface area contributed by atoms with E-state index in [0.717, 1.165) is 0 Å². The Bertz CT molecular complexity index is 1830. The topological polar surface area (TPSA) is 227 Å². The van der Waals surface area contributed by atoms with Gasteiger partial charge in [-0.15, -0.1) is 0 Å². The molecule has 8 N–H and O–H groups in total. The molecule has 52 heavy (non-hydrogen) atoms. The lowest BCUT2D eigenvalue weighted by molar-refractivity contribution is -0.160. The number of rotatable bonds is 3. The van der Waals surface area contributed by atoms with Crippen LogP contribution >= 0.6 is 0 Å². The first-order valence-corrected chi connectivity index (χ1v) is 17.1. The molecule has 0 aliphatic carbocycles. The maximum absolute atomic E-state index is 14.1. The highest BCUT2D eigenvalue weighted by Gasteiger charge is 2.50. The van der Waals surface area contributed by atoms with Gasteiger partial charge in [0.15, 0.2) is 5.75 Å². The zero-order valence-electron chi connectivity index (χ0n) is 30.9. The van der Waals surface area contributed by atoms with Gasteiger partial charge in [0.1, 0.15) is 23.4 Å². The summed E-state index contributed by atoms with van der Waals surface area (Å²) < 4.78 is 23.3. The second-order valence-electron chi connectivity index (χ2n) is 13.9. The molecule has 9 atom stereocenters. The van der Waals surface area contributed by atoms with Gasteiger partial charge < -0.3 is 55.5 Å². The number of methoxy groups -OCH3 is 1. The number of aliphatic hydroxyl groups is 2. The summed E-state index contributed by atoms with van der Waals surface area (Å²) in [5.74, 6) is -8.31. The third kappa shape index (κ3) is 7.20. The third-order valence-electron chi connectivity index (χ3n) is 10.3. The number of carbonyl (C=O) groups is 3. The van der Waals surface area contributed by atoms with Crippen molar-refractivity contribution in [3.8, 4) is 23.0 Å². The summed E-state index contributed by atoms with van der Waals surface area (Å²) in [6, 6.07) is 0. The maximum atomic E-state index is 14.1. The highest BCUT2D eigenvalue weighted by atomic mass is 16.7. The Balaban J connectivity index is 1.93. The highest BCUT2D eigenvalue weighted by Crippen LogP contribution is 2.55. The standard InChI is InChI=1S/C38H50N2O12/c1-16-11-10-12-17(2)37(48)40-28-23(15-39)32(45)25-26(33(28)46)31(44)21(6)35-27(25)36(47)38(8,52-35)50-14-13-24(49-9)18(3)34(51-22(7)41)20(5)30(43)19(4)29(16)42/h10-14,16,18-20,24,29-30,34,42-46H,15,39H2,1-9H3,(H,40,48)/b11-10+,14-13+,17-12-/t16-,18-,19+,20-,24-,29-,30+,34+,38-/m0/s1. The number of allylic oxidation sites excluding steroid dienone is 2. The molecule has 14 nitrogen and oxygen atoms in total. The van der Waals surface area contributed by atoms with Crippen LogP contribution in [0.4, 0.5) is 5.69 Å². The van der Waals surface area contributed by atoms with E-state index in [4.69, 9.17) is 24.7 Å². The third-order valence-corrected chi connectivity index (χ3v) is 10.3. The maximum Gasteiger partial charge on any atom is 0.312 e. The molecule has 0 radical (unpaired) electrons. The van der Waals surface area contributed by atoms with E-state index < -0.39 is 88.8 Å². The van der Waals surface area contributed by atoms with Crippen molar-refractivity contribution in [1.82, 2.24) is 0 Å². The highest BCUT2D eigenvalue weighted by molar-refractivity contribution is 6.22. The number of Topliss-reactive ketones (excluding diaryl/α,β-unsaturated/α-hetero) is 1. The fourth-order valence-electron chi connectivity index (χ4n) is 6.99. The summed E-state index contributed by atoms with van der Waals surface area (Å²) in [4.78, 5) is 39.7. The number of esters is 1. The summed E-state index contributed by atoms with van der Waals surface area (Å²) in [7, 11) is 1.43. The van der Waals surface area contributed by atoms with E-state index in [0.29, 0.717) is 0 Å². The van der Waals surface area contributed by atoms with Crippen molar-refractivity contribution in [1.29, 1.82) is 0 Å². The van der Waals surface area contributed by atoms with E-state index in [1.54, 1.807) is 39.8 Å². The van der Waals surface area contributed by atoms with Gasteiger partial charge in [0.2, 0.25) is 0 Å². The van der Waals surface area contributed by atoms with Gasteiger partial charge in [-0.3, -0.25) is 14.4 Å². The zero-order chi connectivity index (χ0) is 39.0. The number of carbonyl (C=O) groups excluding carboxylic acids is 3. The lowest BCUT2D eigenvalue weighted by Crippen LogP contribution is -2.46. The number of anilines is 1. The molecule has 0 saturated heterocycles. The van der Waals surface area contributed by atoms with Gasteiger partial charge in [-0.1, -0.05) is 45.9 Å². The summed E-state index contributed by atoms with van der Waals surface area (Å²) in [6.07, 6.45) is 3.52. The van der Waals surface area contributed by atoms with E-state index in [1.165, 1.54) is 53.2 Å². The number of ketones is 1. The van der Waals surface area contributed by atoms with Gasteiger partial charge in [-0.2, -0.15) is 0 Å². The quantitative estimate of drug-likeness (QED) is 0.134. The number of phenolic OH excluding ortho intramolecular Hbond substituents is 3. The monoisotopic (exact) mass is 726 g/mol. The predicted octanol–water partition coefficient (Wildman–Crippen LogP) is 4.21. The van der Waals surface area contributed by atoms with Gasteiger partial charge in [0.05, 0.1) is 41.2 Å². The number of hydrogen-bond acceptors (Lipinski definition) is 13. The molecule has 0 unspecified atom stereocenters. The van der Waals surface area contributed by atoms with Crippen LogP contribution in [-0.4, -0.2) is 80.5 Å². The average Bonchev–Trinajstić information content (AvgIpc) is 3.36. The molecule has 14 heteroatoms. The van der Waals surface area contributed by atoms with Crippen LogP contribution in [-0.2, 0) is 30.3 Å². The molecule has 2 aromatic rings. The van der Waals surface area contributed by atoms with Crippen LogP contribution in [0, 0.1) is 30.6 Å². The van der Waals surface area contributed by atoms with E-state index >= 15 is 0 Å². The Kier molecular flexibility index (Phi) is 12.0. The number of amides is 1. The SMILES string of the molecule is CO[C@H]1/C=C/O[C@@]2(C)Oc3c(C)c(O)c4c(O)c(c(CN)c(O)c4c3C2=O)NC(=O)/C(C)=C\C=C\[C@H](C)[C@H](O)[C@@H](C)[C@@H](O)[C@H](C)[C@H](OC(C)=O)[C@H]1C. The number of nitrogens with one attached hydrogen (secondary N) is 1. The first kappa shape index (κ1) is 40.1. The number of fused-ring (bicyclic) bond motifs is 14. The van der Waals surface area contributed by atoms with Crippen LogP contribution < -0.4 is 15.8 Å². The summed E-state index contributed by atoms with van der Waals surface area (Å²) in [5.41, 5.74) is 5.65. The van der Waals surface area contributed by atoms with Gasteiger partial charge >= 0.3 is 11.8 Å². The minimum absolute atomic E-state index is 0.0528. The molecule has 0 spiro atoms. The number of phenols is 3. The van der Waals surface area contributed by atoms with E-state index in [2.05, 4.69) is 5.32 Å². The molecular formula is C38H50N2O12. The smallest absolute Gasteiger partial charge is 0.312 e. The van der Waals surface area contributed by atoms with Crippen LogP contribution in [0.2, 0.25) is 0 Å². The molecule has 5 rings (SSSR count). The van der Waals surface area contributed by atoms with Crippen molar-refractivity contribution < 1.29 is 58.9 Å². The Hall–Kier alpha value is -4.63. The predicted molar refractivity (Wildman–Crippen MR) is 192 cm³/mol. The van der Waals surface area contributed by atoms with Crippen LogP contribution in [0.5, 0.6) is 23.0 Å². The Morgan fingerprint density at radius 3 is 2.21 bits per heavy atom. The van der Waals surface area contributed by atoms with Gasteiger partial charge in [0.25, 0.3) is 11.7 Å². The fourth-order valence-corrected chi connectivity index (χ4v) is 6.99. The molecule has 3 aliphatic heterocycles. The Labute approximate surface area is 302 Å². The summed E-state index contributed by atoms with van der Waals surface area (Å²) in [5, 5.41) is 59.0. The van der Waals surface area contributed by atoms with Crippen LogP contribution in [0.3, 0.4) is 0 Å². The van der Waals surface area contributed by atoms with Crippen molar-refractivity contribution in [3.63, 3.8) is 0 Å². The normalized spacial score (nSPS) is 32.4. The van der Waals surface area contributed by atoms with Gasteiger partial charge in [-0.25, -0.2) is 0 Å². The molecule has 5 bridgehead atoms. The van der Waals surface area contributed by atoms with Crippen LogP contribution in [0.15, 0.2) is 36.1 Å². The lowest BCUT2D eigenvalue weighted by Gasteiger charge is -2.38. The van der Waals surface area contributed by atoms with E-state index in [-0.39, 0.29) is 51.0 Å². The second-order valence-corrected chi connectivity index (χ2v) is 13.9. The van der Waals surface area contributed by atoms with Crippen molar-refractivity contribution in [2.75, 3.05) is 12.4 Å². The van der Waals surface area contributed by atoms with Crippen LogP contribution in [0.1, 0.15) is 70.0 Å². The number of aromatic hydroxyl groups is 3. The summed E-state index contributed by atoms with van der Waals surface area (Å²) in [6.45, 7) is 12.0. The molecule has 284 valence electrons. The fraction of sp³-hybridized carbons (Fsp3) is 0.500. The average molecular weight is 727 g/mol. The van der Waals surface area contributed by atoms with Gasteiger partial charge in [0, 0.05) is 73.3 Å². The molecule has 0 saturated carbocycles. The second kappa shape index (κ2) is 15.5. The molecular weight excluding hydrogens is 676 g/mol. The molecule has 2 aromatic carbocycles. The molecule has 3 heterocycles. The first-order chi connectivity index (χ1) is 24.3. The van der Waals surface area contributed by atoms with E-state index in [1.807, 2.05) is 0 Å². The van der Waals surface area contributed by atoms with Crippen molar-refractivity contribution in [2.24, 2.45) is 29.4 Å². The van der Waals surface area contributed by atoms with Crippen molar-refractivity contribution in [2.45, 2.75) is 92.1 Å². The molecule has 3 aliphatic rings. The van der Waals surface area contributed by atoms with Crippen LogP contribution in [0.25, 0.3) is 10.8 Å². The molecule has 0 aromatic heterocycles. The largest absolute Gasteiger partial charge is 0.507 e. The zero-order valence-corrected chi connectivity index (χ0v) is 30.9. The van der Waals surface area contributed by atoms with Gasteiger partial charge in [-0.05, 0) is 19.9 Å². The van der Waals surface area contributed by atoms with E-state index in [9.17, 15) is 39.9 Å². The van der Waals surface area contributed by atoms with Crippen molar-refractivity contribution in [3.05, 3.63) is 52.8 Å². The Morgan fingerprint density at radius 2 is 1.62 bits per heavy atom. The minimum Gasteiger partial charge on any atom is -0.507 e.